The smallest absolute Gasteiger partial charge is 0.243 e. The predicted molar refractivity (Wildman–Crippen MR) is 571 cm³/mol. The number of fused-ring (bicyclic) bond motifs is 18. The number of nitrogens with one attached hydrogen (secondary N) is 6. The number of piperidine rings is 5. The number of ether oxygens (including phenoxy) is 3. The zero-order valence-corrected chi connectivity index (χ0v) is 83.6. The number of likely N-dealkylation sites (tertiary alicyclic amines) is 5. The Morgan fingerprint density at radius 1 is 0.399 bits per heavy atom. The average molecular weight is 2010 g/mol. The number of amides is 5. The van der Waals surface area contributed by atoms with Crippen molar-refractivity contribution in [1.29, 1.82) is 5.26 Å². The van der Waals surface area contributed by atoms with E-state index in [4.69, 9.17) is 35.6 Å². The molecule has 0 saturated carbocycles. The number of aryl methyl sites for hydroxylation is 2. The highest BCUT2D eigenvalue weighted by molar-refractivity contribution is 6.30. The van der Waals surface area contributed by atoms with Gasteiger partial charge in [-0.1, -0.05) is 95.6 Å². The van der Waals surface area contributed by atoms with E-state index >= 15 is 0 Å². The number of nitrogens with zero attached hydrogens (tertiary/aromatic N) is 14. The van der Waals surface area contributed by atoms with Gasteiger partial charge in [-0.3, -0.25) is 34.1 Å². The van der Waals surface area contributed by atoms with Crippen LogP contribution in [0.15, 0.2) is 217 Å². The second-order valence-electron chi connectivity index (χ2n) is 41.8. The minimum atomic E-state index is -0.303. The van der Waals surface area contributed by atoms with E-state index in [1.54, 1.807) is 18.2 Å². The van der Waals surface area contributed by atoms with Crippen LogP contribution in [0.1, 0.15) is 139 Å². The molecule has 3 aromatic heterocycles. The fourth-order valence-corrected chi connectivity index (χ4v) is 26.6. The number of aromatic amines is 1. The van der Waals surface area contributed by atoms with E-state index < -0.39 is 0 Å². The number of para-hydroxylation sites is 6. The normalized spacial score (nSPS) is 22.7. The molecular formula is C116H121ClF2N20O9. The highest BCUT2D eigenvalue weighted by Gasteiger charge is 2.51. The fraction of sp³-hybridized carbons (Fsp3) is 0.388. The number of H-pyrrole nitrogens is 1. The highest BCUT2D eigenvalue weighted by Crippen LogP contribution is 2.56. The third-order valence-electron chi connectivity index (χ3n) is 33.0. The summed E-state index contributed by atoms with van der Waals surface area (Å²) in [6.45, 7) is 20.0. The van der Waals surface area contributed by atoms with Gasteiger partial charge in [-0.2, -0.15) is 10.4 Å². The quantitative estimate of drug-likeness (QED) is 0.0324. The maximum Gasteiger partial charge on any atom is 0.243 e. The summed E-state index contributed by atoms with van der Waals surface area (Å²) in [5, 5.41) is 39.2. The number of benzene rings is 10. The first-order valence-corrected chi connectivity index (χ1v) is 53.1. The summed E-state index contributed by atoms with van der Waals surface area (Å²) in [7, 11) is 0. The van der Waals surface area contributed by atoms with E-state index in [1.165, 1.54) is 80.5 Å². The van der Waals surface area contributed by atoms with Crippen LogP contribution in [0.25, 0.3) is 32.8 Å². The Hall–Kier alpha value is -14.3. The molecule has 15 aliphatic heterocycles. The molecule has 0 radical (unpaired) electrons. The van der Waals surface area contributed by atoms with Gasteiger partial charge in [0.25, 0.3) is 0 Å². The third-order valence-corrected chi connectivity index (χ3v) is 33.2. The molecule has 0 bridgehead atoms. The van der Waals surface area contributed by atoms with Crippen LogP contribution in [0.4, 0.5) is 65.7 Å². The van der Waals surface area contributed by atoms with Gasteiger partial charge in [-0.05, 0) is 233 Å². The topological polar surface area (TPSA) is 297 Å². The summed E-state index contributed by atoms with van der Waals surface area (Å²) in [5.41, 5.74) is 22.7. The zero-order valence-electron chi connectivity index (χ0n) is 82.8. The van der Waals surface area contributed by atoms with Crippen LogP contribution in [0.5, 0.6) is 17.2 Å². The Morgan fingerprint density at radius 3 is 1.18 bits per heavy atom. The minimum absolute atomic E-state index is 0.0856. The molecule has 5 fully saturated rings. The molecule has 0 spiro atoms. The van der Waals surface area contributed by atoms with Gasteiger partial charge in [0, 0.05) is 190 Å². The summed E-state index contributed by atoms with van der Waals surface area (Å²) in [6.07, 6.45) is 13.9. The molecule has 32 heteroatoms. The Balaban J connectivity index is 0.0000000988. The Bertz CT molecular complexity index is 7060. The van der Waals surface area contributed by atoms with Crippen molar-refractivity contribution in [1.82, 2.24) is 44.8 Å². The van der Waals surface area contributed by atoms with Crippen LogP contribution in [0, 0.1) is 23.0 Å². The first kappa shape index (κ1) is 95.9. The summed E-state index contributed by atoms with van der Waals surface area (Å²) in [6, 6.07) is 70.1. The number of carbonyl (C=O) groups excluding carboxylic acids is 5. The molecule has 6 N–H and O–H groups in total. The van der Waals surface area contributed by atoms with E-state index in [2.05, 4.69) is 175 Å². The molecule has 5 amide bonds. The summed E-state index contributed by atoms with van der Waals surface area (Å²) in [4.78, 5) is 89.4. The highest BCUT2D eigenvalue weighted by atomic mass is 35.5. The number of rotatable bonds is 23. The number of hydrogen-bond acceptors (Lipinski definition) is 23. The Labute approximate surface area is 863 Å². The van der Waals surface area contributed by atoms with E-state index in [9.17, 15) is 32.8 Å². The fourth-order valence-electron chi connectivity index (χ4n) is 26.5. The van der Waals surface area contributed by atoms with E-state index in [1.807, 2.05) is 97.2 Å². The van der Waals surface area contributed by atoms with Gasteiger partial charge in [-0.15, -0.1) is 0 Å². The monoisotopic (exact) mass is 2010 g/mol. The predicted octanol–water partition coefficient (Wildman–Crippen LogP) is 17.1. The lowest BCUT2D eigenvalue weighted by atomic mass is 9.89. The van der Waals surface area contributed by atoms with Gasteiger partial charge in [0.1, 0.15) is 34.4 Å². The number of halogens is 3. The Kier molecular flexibility index (Phi) is 27.1. The molecule has 148 heavy (non-hydrogen) atoms. The molecule has 5 saturated heterocycles. The van der Waals surface area contributed by atoms with E-state index in [0.717, 1.165) is 259 Å². The van der Waals surface area contributed by atoms with Crippen LogP contribution in [-0.2, 0) is 36.8 Å². The lowest BCUT2D eigenvalue weighted by Crippen LogP contribution is -2.49. The Morgan fingerprint density at radius 2 is 0.764 bits per heavy atom. The lowest BCUT2D eigenvalue weighted by Gasteiger charge is -2.39. The van der Waals surface area contributed by atoms with Crippen molar-refractivity contribution in [3.63, 3.8) is 0 Å². The number of anilines is 10. The minimum Gasteiger partial charge on any atom is -0.494 e. The number of aromatic nitrogens is 4. The molecular weight excluding hydrogens is 1890 g/mol. The second kappa shape index (κ2) is 41.8. The van der Waals surface area contributed by atoms with Crippen LogP contribution < -0.4 is 65.3 Å². The van der Waals surface area contributed by atoms with Crippen LogP contribution in [0.2, 0.25) is 5.02 Å². The average Bonchev–Trinajstić information content (AvgIpc) is 1.60. The second-order valence-corrected chi connectivity index (χ2v) is 42.2. The largest absolute Gasteiger partial charge is 0.494 e. The van der Waals surface area contributed by atoms with Crippen molar-refractivity contribution in [3.8, 4) is 23.3 Å². The van der Waals surface area contributed by atoms with Gasteiger partial charge in [0.2, 0.25) is 29.5 Å². The van der Waals surface area contributed by atoms with Crippen molar-refractivity contribution in [2.24, 2.45) is 0 Å². The van der Waals surface area contributed by atoms with Crippen molar-refractivity contribution in [2.45, 2.75) is 137 Å². The number of carbonyl (C=O) groups is 5. The maximum atomic E-state index is 13.4. The van der Waals surface area contributed by atoms with Crippen molar-refractivity contribution in [3.05, 3.63) is 274 Å². The number of pyridine rings is 1. The van der Waals surface area contributed by atoms with Gasteiger partial charge in [-0.25, -0.2) is 8.78 Å². The standard InChI is InChI=1S/C25H26N4O2.C23H24FN5O.C23H23FN4O2.C23H24N4O2.C22H24ClN3O2/c30-23-16-29-21-10-13-28(15-19(21)18-7-2-8-20(27-23)25(18)29)12-4-14-31-22-9-1-5-17-6-3-11-26-24(17)22;24-14-6-7-16-18(26-27-20(16)11-14)5-2-9-28-10-8-21-17(12-28)15-3-1-4-19-23(15)29(21)13-22(30)25-19;24-14-6-7-16-18(26-30-21(16)11-14)5-2-9-27-10-8-20-17(12-27)15-3-1-4-19-23(15)28(20)13-22(29)25-19;24-13-16-5-7-17(8-6-16)29-12-2-10-26-11-9-21-19(14-26)18-3-1-4-20-23(18)27(21)15-22(28)25-20;23-15-5-7-16(8-6-15)28-12-2-10-25-11-9-20-18(13-25)17-3-1-4-19-22(17)26(20)14-21(27)24-19/h1-3,5-9,11,19,21H,4,10,12-16H2,(H,27,30);1,3-4,6-7,11,17,21H,2,5,8-10,12-13H2,(H,25,30)(H,26,27);1,3-4,6-7,11,17,20H,2,5,8-10,12-13H2,(H,25,29);1,3-8,19,21H,2,9-12,14-15H2,(H,25,28);1,3-8,18,20H,2,9-14H2,(H,24,27)/t19-,21-;17-,21-;17-,20-;19-,21-;18-,20-/m00000/s1. The molecule has 760 valence electrons. The first-order valence-electron chi connectivity index (χ1n) is 52.8. The van der Waals surface area contributed by atoms with Crippen molar-refractivity contribution < 1.29 is 51.5 Å². The number of nitriles is 1. The third kappa shape index (κ3) is 19.4. The van der Waals surface area contributed by atoms with Gasteiger partial charge in [0.15, 0.2) is 5.58 Å². The summed E-state index contributed by atoms with van der Waals surface area (Å²) >= 11 is 5.91. The molecule has 28 rings (SSSR count). The van der Waals surface area contributed by atoms with Crippen LogP contribution >= 0.6 is 11.6 Å². The first-order chi connectivity index (χ1) is 72.5. The van der Waals surface area contributed by atoms with Crippen LogP contribution in [-0.4, -0.2) is 255 Å². The molecule has 10 aromatic carbocycles. The summed E-state index contributed by atoms with van der Waals surface area (Å²) < 4.78 is 49.7. The molecule has 10 atom stereocenters. The molecule has 29 nitrogen and oxygen atoms in total. The van der Waals surface area contributed by atoms with Gasteiger partial charge >= 0.3 is 0 Å². The van der Waals surface area contributed by atoms with E-state index in [0.29, 0.717) is 129 Å². The molecule has 0 unspecified atom stereocenters. The molecule has 15 aliphatic rings. The maximum absolute atomic E-state index is 13.4. The van der Waals surface area contributed by atoms with Crippen molar-refractivity contribution in [2.75, 3.05) is 202 Å². The van der Waals surface area contributed by atoms with Crippen molar-refractivity contribution >= 4 is 131 Å². The summed E-state index contributed by atoms with van der Waals surface area (Å²) in [5.74, 6) is 4.78. The van der Waals surface area contributed by atoms with Crippen LogP contribution in [0.3, 0.4) is 0 Å². The number of hydrogen-bond donors (Lipinski definition) is 6. The SMILES string of the molecule is N#Cc1ccc(OCCCN2CC[C@H]3[C@@H](C2)c2cccc4c2N3CC(=O)N4)cc1.O=C1CN2c3c(cccc3[C@@H]3CN(CCCOc4ccc(Cl)cc4)CC[C@@H]32)N1.O=C1CN2c3c(cccc3[C@@H]3CN(CCCOc4cccc5cccnc45)CC[C@@H]32)N1.O=C1CN2c3c(cccc3[C@@H]3CN(CCCc4[nH]nc5cc(F)ccc45)CC[C@@H]32)N1.O=C1CN2c3c(cccc3[C@@H]3CN(CCCc4noc5cc(F)ccc45)CC[C@@H]32)N1. The zero-order chi connectivity index (χ0) is 100. The van der Waals surface area contributed by atoms with Gasteiger partial charge in [0.05, 0.1) is 132 Å². The lowest BCUT2D eigenvalue weighted by molar-refractivity contribution is -0.116. The van der Waals surface area contributed by atoms with E-state index in [-0.39, 0.29) is 41.2 Å². The molecule has 13 aromatic rings. The molecule has 0 aliphatic carbocycles. The molecule has 18 heterocycles. The van der Waals surface area contributed by atoms with Gasteiger partial charge < -0.3 is 94.3 Å².